The van der Waals surface area contributed by atoms with E-state index in [1.165, 1.54) is 0 Å². The van der Waals surface area contributed by atoms with Gasteiger partial charge in [0, 0.05) is 25.0 Å². The predicted octanol–water partition coefficient (Wildman–Crippen LogP) is 1.81. The van der Waals surface area contributed by atoms with E-state index in [1.54, 1.807) is 12.2 Å². The molecule has 0 radical (unpaired) electrons. The van der Waals surface area contributed by atoms with Crippen molar-refractivity contribution in [2.45, 2.75) is 12.8 Å². The standard InChI is InChI=1S/C16H24O6/c1-3-9-19-11-5-13-21-15(17)7-8-16(18)22-14-6-12-20-10-4-2/h3-4,7-8H,1-2,5-6,9-14H2. The maximum Gasteiger partial charge on any atom is 0.331 e. The third-order valence-electron chi connectivity index (χ3n) is 2.18. The van der Waals surface area contributed by atoms with Crippen molar-refractivity contribution in [3.63, 3.8) is 0 Å². The van der Waals surface area contributed by atoms with Crippen LogP contribution in [0.5, 0.6) is 0 Å². The van der Waals surface area contributed by atoms with E-state index in [-0.39, 0.29) is 13.2 Å². The Bertz CT molecular complexity index is 328. The summed E-state index contributed by atoms with van der Waals surface area (Å²) in [7, 11) is 0. The Morgan fingerprint density at radius 3 is 1.50 bits per heavy atom. The Morgan fingerprint density at radius 1 is 0.727 bits per heavy atom. The number of ether oxygens (including phenoxy) is 4. The molecule has 0 N–H and O–H groups in total. The highest BCUT2D eigenvalue weighted by Gasteiger charge is 2.01. The van der Waals surface area contributed by atoms with Crippen molar-refractivity contribution in [2.24, 2.45) is 0 Å². The summed E-state index contributed by atoms with van der Waals surface area (Å²) in [5, 5.41) is 0. The Morgan fingerprint density at radius 2 is 1.14 bits per heavy atom. The molecule has 0 saturated heterocycles. The van der Waals surface area contributed by atoms with Gasteiger partial charge in [-0.2, -0.15) is 0 Å². The average Bonchev–Trinajstić information content (AvgIpc) is 2.52. The van der Waals surface area contributed by atoms with Gasteiger partial charge in [-0.25, -0.2) is 9.59 Å². The van der Waals surface area contributed by atoms with E-state index in [4.69, 9.17) is 18.9 Å². The third-order valence-corrected chi connectivity index (χ3v) is 2.18. The van der Waals surface area contributed by atoms with Crippen molar-refractivity contribution in [3.8, 4) is 0 Å². The number of carbonyl (C=O) groups is 2. The van der Waals surface area contributed by atoms with Gasteiger partial charge < -0.3 is 18.9 Å². The zero-order valence-electron chi connectivity index (χ0n) is 12.8. The SMILES string of the molecule is C=CCOCCCOC(=O)C=CC(=O)OCCCOCC=C. The molecule has 0 saturated carbocycles. The molecular weight excluding hydrogens is 288 g/mol. The number of hydrogen-bond donors (Lipinski definition) is 0. The summed E-state index contributed by atoms with van der Waals surface area (Å²) >= 11 is 0. The topological polar surface area (TPSA) is 71.1 Å². The molecule has 0 aliphatic heterocycles. The minimum Gasteiger partial charge on any atom is -0.462 e. The van der Waals surface area contributed by atoms with Gasteiger partial charge in [0.1, 0.15) is 0 Å². The third kappa shape index (κ3) is 14.5. The Labute approximate surface area is 131 Å². The van der Waals surface area contributed by atoms with Crippen LogP contribution < -0.4 is 0 Å². The predicted molar refractivity (Wildman–Crippen MR) is 82.3 cm³/mol. The lowest BCUT2D eigenvalue weighted by molar-refractivity contribution is -0.140. The molecule has 6 heteroatoms. The van der Waals surface area contributed by atoms with Gasteiger partial charge in [0.15, 0.2) is 0 Å². The highest BCUT2D eigenvalue weighted by Crippen LogP contribution is 1.91. The summed E-state index contributed by atoms with van der Waals surface area (Å²) in [6.45, 7) is 9.40. The Balaban J connectivity index is 3.54. The van der Waals surface area contributed by atoms with Crippen LogP contribution in [0.1, 0.15) is 12.8 Å². The summed E-state index contributed by atoms with van der Waals surface area (Å²) in [6.07, 6.45) is 6.55. The van der Waals surface area contributed by atoms with Crippen molar-refractivity contribution < 1.29 is 28.5 Å². The fourth-order valence-corrected chi connectivity index (χ4v) is 1.23. The summed E-state index contributed by atoms with van der Waals surface area (Å²) in [5.74, 6) is -1.18. The lowest BCUT2D eigenvalue weighted by Crippen LogP contribution is -2.08. The zero-order valence-corrected chi connectivity index (χ0v) is 12.8. The van der Waals surface area contributed by atoms with Crippen LogP contribution in [-0.2, 0) is 28.5 Å². The van der Waals surface area contributed by atoms with E-state index < -0.39 is 11.9 Å². The molecule has 0 aromatic carbocycles. The molecule has 0 spiro atoms. The van der Waals surface area contributed by atoms with Crippen LogP contribution in [0, 0.1) is 0 Å². The van der Waals surface area contributed by atoms with E-state index >= 15 is 0 Å². The van der Waals surface area contributed by atoms with Crippen LogP contribution in [-0.4, -0.2) is 51.6 Å². The normalized spacial score (nSPS) is 10.4. The lowest BCUT2D eigenvalue weighted by Gasteiger charge is -2.03. The van der Waals surface area contributed by atoms with Gasteiger partial charge in [0.05, 0.1) is 39.6 Å². The van der Waals surface area contributed by atoms with Gasteiger partial charge in [-0.1, -0.05) is 12.2 Å². The van der Waals surface area contributed by atoms with E-state index in [1.807, 2.05) is 0 Å². The largest absolute Gasteiger partial charge is 0.462 e. The Kier molecular flexibility index (Phi) is 14.1. The quantitative estimate of drug-likeness (QED) is 0.211. The first kappa shape index (κ1) is 20.1. The van der Waals surface area contributed by atoms with Crippen molar-refractivity contribution in [1.82, 2.24) is 0 Å². The van der Waals surface area contributed by atoms with Crippen LogP contribution in [0.4, 0.5) is 0 Å². The van der Waals surface area contributed by atoms with Crippen LogP contribution in [0.2, 0.25) is 0 Å². The molecule has 0 rings (SSSR count). The second kappa shape index (κ2) is 15.5. The first-order valence-corrected chi connectivity index (χ1v) is 7.09. The van der Waals surface area contributed by atoms with E-state index in [2.05, 4.69) is 13.2 Å². The Hall–Kier alpha value is -1.92. The summed E-state index contributed by atoms with van der Waals surface area (Å²) < 4.78 is 20.0. The molecular formula is C16H24O6. The molecule has 22 heavy (non-hydrogen) atoms. The molecule has 0 aliphatic carbocycles. The first-order valence-electron chi connectivity index (χ1n) is 7.09. The monoisotopic (exact) mass is 312 g/mol. The second-order valence-electron chi connectivity index (χ2n) is 4.10. The molecule has 0 fully saturated rings. The molecule has 0 aromatic rings. The van der Waals surface area contributed by atoms with Gasteiger partial charge in [0.25, 0.3) is 0 Å². The first-order chi connectivity index (χ1) is 10.7. The fourth-order valence-electron chi connectivity index (χ4n) is 1.23. The second-order valence-corrected chi connectivity index (χ2v) is 4.10. The smallest absolute Gasteiger partial charge is 0.331 e. The van der Waals surface area contributed by atoms with E-state index in [9.17, 15) is 9.59 Å². The van der Waals surface area contributed by atoms with E-state index in [0.717, 1.165) is 12.2 Å². The van der Waals surface area contributed by atoms with Crippen molar-refractivity contribution >= 4 is 11.9 Å². The molecule has 124 valence electrons. The number of esters is 2. The fraction of sp³-hybridized carbons (Fsp3) is 0.500. The maximum atomic E-state index is 11.3. The van der Waals surface area contributed by atoms with Crippen molar-refractivity contribution in [3.05, 3.63) is 37.5 Å². The van der Waals surface area contributed by atoms with Crippen molar-refractivity contribution in [2.75, 3.05) is 39.6 Å². The molecule has 0 amide bonds. The molecule has 0 atom stereocenters. The lowest BCUT2D eigenvalue weighted by atomic mass is 10.4. The molecule has 0 unspecified atom stereocenters. The van der Waals surface area contributed by atoms with Gasteiger partial charge in [-0.05, 0) is 0 Å². The van der Waals surface area contributed by atoms with Gasteiger partial charge in [-0.15, -0.1) is 13.2 Å². The van der Waals surface area contributed by atoms with Crippen LogP contribution >= 0.6 is 0 Å². The summed E-state index contributed by atoms with van der Waals surface area (Å²) in [4.78, 5) is 22.6. The highest BCUT2D eigenvalue weighted by atomic mass is 16.5. The van der Waals surface area contributed by atoms with Gasteiger partial charge in [-0.3, -0.25) is 0 Å². The minimum absolute atomic E-state index is 0.232. The molecule has 0 heterocycles. The van der Waals surface area contributed by atoms with Crippen molar-refractivity contribution in [1.29, 1.82) is 0 Å². The van der Waals surface area contributed by atoms with Crippen LogP contribution in [0.15, 0.2) is 37.5 Å². The molecule has 0 bridgehead atoms. The number of hydrogen-bond acceptors (Lipinski definition) is 6. The zero-order chi connectivity index (χ0) is 16.5. The van der Waals surface area contributed by atoms with Crippen LogP contribution in [0.3, 0.4) is 0 Å². The summed E-state index contributed by atoms with van der Waals surface area (Å²) in [5.41, 5.74) is 0. The number of carbonyl (C=O) groups excluding carboxylic acids is 2. The maximum absolute atomic E-state index is 11.3. The van der Waals surface area contributed by atoms with Crippen LogP contribution in [0.25, 0.3) is 0 Å². The summed E-state index contributed by atoms with van der Waals surface area (Å²) in [6, 6.07) is 0. The van der Waals surface area contributed by atoms with Gasteiger partial charge in [0.2, 0.25) is 0 Å². The minimum atomic E-state index is -0.588. The number of rotatable bonds is 14. The molecule has 6 nitrogen and oxygen atoms in total. The van der Waals surface area contributed by atoms with E-state index in [0.29, 0.717) is 39.3 Å². The highest BCUT2D eigenvalue weighted by molar-refractivity contribution is 5.91. The average molecular weight is 312 g/mol. The molecule has 0 aliphatic rings. The van der Waals surface area contributed by atoms with Gasteiger partial charge >= 0.3 is 11.9 Å². The molecule has 0 aromatic heterocycles.